The molecule has 2 saturated heterocycles. The van der Waals surface area contributed by atoms with Crippen LogP contribution in [0.25, 0.3) is 0 Å². The lowest BCUT2D eigenvalue weighted by atomic mass is 9.78. The minimum atomic E-state index is 0.0357. The lowest BCUT2D eigenvalue weighted by Crippen LogP contribution is -2.52. The highest BCUT2D eigenvalue weighted by atomic mass is 16.5. The van der Waals surface area contributed by atoms with Crippen LogP contribution in [-0.2, 0) is 9.47 Å². The average Bonchev–Trinajstić information content (AvgIpc) is 2.64. The summed E-state index contributed by atoms with van der Waals surface area (Å²) in [6.45, 7) is 20.5. The molecular weight excluding hydrogens is 340 g/mol. The number of rotatable bonds is 6. The van der Waals surface area contributed by atoms with E-state index in [1.54, 1.807) is 0 Å². The first-order chi connectivity index (χ1) is 12.7. The molecule has 2 heterocycles. The first-order valence-electron chi connectivity index (χ1n) is 10.7. The van der Waals surface area contributed by atoms with Gasteiger partial charge in [0.1, 0.15) is 0 Å². The highest BCUT2D eigenvalue weighted by molar-refractivity contribution is 5.79. The largest absolute Gasteiger partial charge is 0.379 e. The van der Waals surface area contributed by atoms with Crippen LogP contribution < -0.4 is 10.6 Å². The maximum atomic E-state index is 6.12. The van der Waals surface area contributed by atoms with Crippen molar-refractivity contribution >= 4 is 5.96 Å². The summed E-state index contributed by atoms with van der Waals surface area (Å²) in [6, 6.07) is 0. The smallest absolute Gasteiger partial charge is 0.191 e. The maximum absolute atomic E-state index is 6.12. The topological polar surface area (TPSA) is 58.1 Å². The molecule has 0 aromatic rings. The summed E-state index contributed by atoms with van der Waals surface area (Å²) in [4.78, 5) is 7.38. The van der Waals surface area contributed by atoms with Gasteiger partial charge in [-0.1, -0.05) is 20.8 Å². The number of hydrogen-bond acceptors (Lipinski definition) is 4. The van der Waals surface area contributed by atoms with E-state index in [1.807, 2.05) is 0 Å². The number of guanidine groups is 1. The normalized spacial score (nSPS) is 26.1. The predicted molar refractivity (Wildman–Crippen MR) is 112 cm³/mol. The molecule has 0 aromatic carbocycles. The second kappa shape index (κ2) is 10.1. The van der Waals surface area contributed by atoms with Crippen LogP contribution in [0.2, 0.25) is 0 Å². The number of aliphatic imine (C=N–C) groups is 1. The van der Waals surface area contributed by atoms with E-state index in [1.165, 1.54) is 6.42 Å². The molecule has 0 radical (unpaired) electrons. The standard InChI is InChI=1S/C21H42N4O2/c1-7-22-19(24-16-21(5,6)25-10-13-26-14-11-25)23-15-17-9-8-12-27-18(17)20(2,3)4/h17-18H,7-16H2,1-6H3,(H2,22,23,24). The van der Waals surface area contributed by atoms with Crippen LogP contribution in [0.4, 0.5) is 0 Å². The Hall–Kier alpha value is -0.850. The van der Waals surface area contributed by atoms with Crippen molar-refractivity contribution in [1.82, 2.24) is 15.5 Å². The Morgan fingerprint density at radius 2 is 1.78 bits per heavy atom. The SMILES string of the molecule is CCNC(=NCC(C)(C)N1CCOCC1)NCC1CCCOC1C(C)(C)C. The average molecular weight is 383 g/mol. The molecule has 6 heteroatoms. The van der Waals surface area contributed by atoms with Gasteiger partial charge in [-0.25, -0.2) is 0 Å². The number of morpholine rings is 1. The molecule has 0 bridgehead atoms. The van der Waals surface area contributed by atoms with Crippen molar-refractivity contribution in [2.24, 2.45) is 16.3 Å². The van der Waals surface area contributed by atoms with Crippen LogP contribution in [0, 0.1) is 11.3 Å². The van der Waals surface area contributed by atoms with Crippen LogP contribution in [0.5, 0.6) is 0 Å². The fourth-order valence-corrected chi connectivity index (χ4v) is 4.12. The van der Waals surface area contributed by atoms with E-state index in [9.17, 15) is 0 Å². The van der Waals surface area contributed by atoms with E-state index < -0.39 is 0 Å². The van der Waals surface area contributed by atoms with Gasteiger partial charge in [0.2, 0.25) is 0 Å². The Morgan fingerprint density at radius 3 is 2.41 bits per heavy atom. The Labute approximate surface area is 166 Å². The summed E-state index contributed by atoms with van der Waals surface area (Å²) >= 11 is 0. The van der Waals surface area contributed by atoms with E-state index in [2.05, 4.69) is 57.1 Å². The zero-order chi connectivity index (χ0) is 19.9. The molecule has 27 heavy (non-hydrogen) atoms. The van der Waals surface area contributed by atoms with Gasteiger partial charge in [0, 0.05) is 44.2 Å². The van der Waals surface area contributed by atoms with Gasteiger partial charge in [-0.3, -0.25) is 9.89 Å². The second-order valence-corrected chi connectivity index (χ2v) is 9.55. The van der Waals surface area contributed by atoms with E-state index in [0.717, 1.165) is 64.9 Å². The van der Waals surface area contributed by atoms with Crippen LogP contribution >= 0.6 is 0 Å². The first kappa shape index (κ1) is 22.4. The lowest BCUT2D eigenvalue weighted by molar-refractivity contribution is -0.0835. The summed E-state index contributed by atoms with van der Waals surface area (Å²) in [6.07, 6.45) is 2.66. The number of hydrogen-bond donors (Lipinski definition) is 2. The van der Waals surface area contributed by atoms with Gasteiger partial charge in [0.05, 0.1) is 25.9 Å². The van der Waals surface area contributed by atoms with Gasteiger partial charge in [-0.2, -0.15) is 0 Å². The Kier molecular flexibility index (Phi) is 8.38. The molecule has 2 N–H and O–H groups in total. The summed E-state index contributed by atoms with van der Waals surface area (Å²) in [5, 5.41) is 6.99. The summed E-state index contributed by atoms with van der Waals surface area (Å²) < 4.78 is 11.6. The van der Waals surface area contributed by atoms with E-state index >= 15 is 0 Å². The molecule has 0 spiro atoms. The van der Waals surface area contributed by atoms with Crippen molar-refractivity contribution in [3.63, 3.8) is 0 Å². The highest BCUT2D eigenvalue weighted by Crippen LogP contribution is 2.33. The van der Waals surface area contributed by atoms with E-state index in [4.69, 9.17) is 14.5 Å². The van der Waals surface area contributed by atoms with Crippen molar-refractivity contribution in [1.29, 1.82) is 0 Å². The molecule has 6 nitrogen and oxygen atoms in total. The zero-order valence-corrected chi connectivity index (χ0v) is 18.4. The van der Waals surface area contributed by atoms with Crippen molar-refractivity contribution in [2.45, 2.75) is 66.0 Å². The third-order valence-corrected chi connectivity index (χ3v) is 5.67. The molecule has 2 unspecified atom stereocenters. The molecule has 2 aliphatic rings. The van der Waals surface area contributed by atoms with Gasteiger partial charge >= 0.3 is 0 Å². The maximum Gasteiger partial charge on any atom is 0.191 e. The fraction of sp³-hybridized carbons (Fsp3) is 0.952. The second-order valence-electron chi connectivity index (χ2n) is 9.55. The number of nitrogens with one attached hydrogen (secondary N) is 2. The van der Waals surface area contributed by atoms with Gasteiger partial charge in [-0.05, 0) is 39.0 Å². The van der Waals surface area contributed by atoms with Crippen LogP contribution in [0.3, 0.4) is 0 Å². The van der Waals surface area contributed by atoms with E-state index in [0.29, 0.717) is 12.0 Å². The molecule has 2 aliphatic heterocycles. The van der Waals surface area contributed by atoms with Gasteiger partial charge in [-0.15, -0.1) is 0 Å². The number of ether oxygens (including phenoxy) is 2. The molecule has 0 aromatic heterocycles. The van der Waals surface area contributed by atoms with Crippen LogP contribution in [-0.4, -0.2) is 75.0 Å². The molecular formula is C21H42N4O2. The van der Waals surface area contributed by atoms with Crippen molar-refractivity contribution < 1.29 is 9.47 Å². The summed E-state index contributed by atoms with van der Waals surface area (Å²) in [5.74, 6) is 1.44. The summed E-state index contributed by atoms with van der Waals surface area (Å²) in [7, 11) is 0. The number of nitrogens with zero attached hydrogens (tertiary/aromatic N) is 2. The third-order valence-electron chi connectivity index (χ3n) is 5.67. The fourth-order valence-electron chi connectivity index (χ4n) is 4.12. The molecule has 0 amide bonds. The van der Waals surface area contributed by atoms with Gasteiger partial charge in [0.15, 0.2) is 5.96 Å². The minimum Gasteiger partial charge on any atom is -0.379 e. The van der Waals surface area contributed by atoms with Crippen molar-refractivity contribution in [3.05, 3.63) is 0 Å². The molecule has 2 atom stereocenters. The van der Waals surface area contributed by atoms with Crippen molar-refractivity contribution in [2.75, 3.05) is 52.5 Å². The molecule has 0 saturated carbocycles. The zero-order valence-electron chi connectivity index (χ0n) is 18.4. The Morgan fingerprint density at radius 1 is 1.07 bits per heavy atom. The van der Waals surface area contributed by atoms with E-state index in [-0.39, 0.29) is 11.0 Å². The monoisotopic (exact) mass is 382 g/mol. The van der Waals surface area contributed by atoms with Crippen LogP contribution in [0.15, 0.2) is 4.99 Å². The highest BCUT2D eigenvalue weighted by Gasteiger charge is 2.35. The molecule has 0 aliphatic carbocycles. The molecule has 2 fully saturated rings. The minimum absolute atomic E-state index is 0.0357. The van der Waals surface area contributed by atoms with Crippen LogP contribution in [0.1, 0.15) is 54.4 Å². The molecule has 2 rings (SSSR count). The third kappa shape index (κ3) is 6.91. The Bertz CT molecular complexity index is 467. The van der Waals surface area contributed by atoms with Gasteiger partial charge < -0.3 is 20.1 Å². The molecule has 158 valence electrons. The quantitative estimate of drug-likeness (QED) is 0.546. The first-order valence-corrected chi connectivity index (χ1v) is 10.7. The summed E-state index contributed by atoms with van der Waals surface area (Å²) in [5.41, 5.74) is 0.203. The van der Waals surface area contributed by atoms with Crippen molar-refractivity contribution in [3.8, 4) is 0 Å². The lowest BCUT2D eigenvalue weighted by Gasteiger charge is -2.41. The Balaban J connectivity index is 1.94. The van der Waals surface area contributed by atoms with Gasteiger partial charge in [0.25, 0.3) is 0 Å². The predicted octanol–water partition coefficient (Wildman–Crippen LogP) is 2.49.